The van der Waals surface area contributed by atoms with Crippen molar-refractivity contribution in [2.45, 2.75) is 19.4 Å². The normalized spacial score (nSPS) is 15.7. The van der Waals surface area contributed by atoms with Crippen molar-refractivity contribution in [2.24, 2.45) is 0 Å². The zero-order valence-corrected chi connectivity index (χ0v) is 17.4. The largest absolute Gasteiger partial charge is 0.378 e. The quantitative estimate of drug-likeness (QED) is 0.606. The molecule has 1 amide bonds. The third-order valence-corrected chi connectivity index (χ3v) is 5.90. The second-order valence-corrected chi connectivity index (χ2v) is 7.85. The molecule has 1 aliphatic rings. The summed E-state index contributed by atoms with van der Waals surface area (Å²) in [6, 6.07) is 9.41. The van der Waals surface area contributed by atoms with Crippen molar-refractivity contribution in [1.82, 2.24) is 14.5 Å². The Morgan fingerprint density at radius 3 is 2.62 bits per heavy atom. The van der Waals surface area contributed by atoms with Crippen LogP contribution in [0.5, 0.6) is 0 Å². The van der Waals surface area contributed by atoms with Gasteiger partial charge in [-0.15, -0.1) is 0 Å². The predicted octanol–water partition coefficient (Wildman–Crippen LogP) is 4.49. The van der Waals surface area contributed by atoms with E-state index in [1.54, 1.807) is 35.2 Å². The van der Waals surface area contributed by atoms with E-state index in [4.69, 9.17) is 27.9 Å². The summed E-state index contributed by atoms with van der Waals surface area (Å²) in [5.41, 5.74) is 1.82. The number of carbonyl (C=O) groups excluding carboxylic acids is 1. The highest BCUT2D eigenvalue weighted by atomic mass is 35.5. The molecule has 0 aliphatic carbocycles. The summed E-state index contributed by atoms with van der Waals surface area (Å²) in [7, 11) is 0. The van der Waals surface area contributed by atoms with Crippen molar-refractivity contribution in [3.63, 3.8) is 0 Å². The number of aromatic nitrogens is 2. The smallest absolute Gasteiger partial charge is 0.245 e. The molecule has 152 valence electrons. The molecular weight excluding hydrogens is 416 g/mol. The number of nitrogens with zero attached hydrogens (tertiary/aromatic N) is 3. The number of carbonyl (C=O) groups is 1. The van der Waals surface area contributed by atoms with E-state index in [1.165, 1.54) is 6.07 Å². The molecule has 1 fully saturated rings. The summed E-state index contributed by atoms with van der Waals surface area (Å²) in [5.74, 6) is 0.236. The Labute approximate surface area is 178 Å². The van der Waals surface area contributed by atoms with Crippen molar-refractivity contribution in [1.29, 1.82) is 0 Å². The number of ether oxygens (including phenoxy) is 1. The first kappa shape index (κ1) is 20.1. The second-order valence-electron chi connectivity index (χ2n) is 7.03. The fraction of sp³-hybridized carbons (Fsp3) is 0.333. The number of rotatable bonds is 4. The summed E-state index contributed by atoms with van der Waals surface area (Å²) in [5, 5.41) is 0.761. The van der Waals surface area contributed by atoms with Gasteiger partial charge in [0.15, 0.2) is 0 Å². The highest BCUT2D eigenvalue weighted by molar-refractivity contribution is 6.42. The summed E-state index contributed by atoms with van der Waals surface area (Å²) in [4.78, 5) is 19.6. The van der Waals surface area contributed by atoms with Gasteiger partial charge in [0, 0.05) is 19.5 Å². The Morgan fingerprint density at radius 1 is 1.21 bits per heavy atom. The molecule has 0 spiro atoms. The van der Waals surface area contributed by atoms with Crippen LogP contribution in [0.3, 0.4) is 0 Å². The van der Waals surface area contributed by atoms with Crippen LogP contribution in [-0.2, 0) is 16.0 Å². The Kier molecular flexibility index (Phi) is 5.76. The minimum absolute atomic E-state index is 0.0338. The van der Waals surface area contributed by atoms with Crippen LogP contribution in [0.2, 0.25) is 10.0 Å². The molecule has 0 bridgehead atoms. The van der Waals surface area contributed by atoms with Crippen LogP contribution in [0, 0.1) is 5.82 Å². The topological polar surface area (TPSA) is 47.4 Å². The minimum atomic E-state index is -0.530. The van der Waals surface area contributed by atoms with Crippen LogP contribution in [0.25, 0.3) is 11.0 Å². The average Bonchev–Trinajstić information content (AvgIpc) is 3.06. The zero-order chi connectivity index (χ0) is 20.5. The third kappa shape index (κ3) is 3.97. The first-order valence-corrected chi connectivity index (χ1v) is 10.2. The molecule has 8 heteroatoms. The molecule has 4 rings (SSSR count). The monoisotopic (exact) mass is 435 g/mol. The SMILES string of the molecule is C[C@@H](C(=O)N1CCOCC1)n1c(Cc2ccccc2F)nc2cc(Cl)c(Cl)cc21. The molecule has 0 unspecified atom stereocenters. The Bertz CT molecular complexity index is 1060. The van der Waals surface area contributed by atoms with Crippen LogP contribution in [-0.4, -0.2) is 46.7 Å². The molecule has 2 aromatic carbocycles. The van der Waals surface area contributed by atoms with Gasteiger partial charge in [-0.05, 0) is 30.7 Å². The molecule has 1 aromatic heterocycles. The molecule has 3 aromatic rings. The lowest BCUT2D eigenvalue weighted by Gasteiger charge is -2.30. The molecule has 0 saturated carbocycles. The molecule has 1 aliphatic heterocycles. The van der Waals surface area contributed by atoms with Gasteiger partial charge in [0.05, 0.1) is 34.3 Å². The van der Waals surface area contributed by atoms with Gasteiger partial charge in [0.2, 0.25) is 5.91 Å². The average molecular weight is 436 g/mol. The van der Waals surface area contributed by atoms with E-state index in [0.717, 1.165) is 0 Å². The van der Waals surface area contributed by atoms with Crippen molar-refractivity contribution in [3.8, 4) is 0 Å². The van der Waals surface area contributed by atoms with E-state index in [0.29, 0.717) is 58.8 Å². The number of hydrogen-bond acceptors (Lipinski definition) is 3. The Morgan fingerprint density at radius 2 is 1.90 bits per heavy atom. The Balaban J connectivity index is 1.80. The number of fused-ring (bicyclic) bond motifs is 1. The third-order valence-electron chi connectivity index (χ3n) is 5.18. The lowest BCUT2D eigenvalue weighted by molar-refractivity contribution is -0.138. The van der Waals surface area contributed by atoms with E-state index in [9.17, 15) is 9.18 Å². The van der Waals surface area contributed by atoms with Gasteiger partial charge in [0.1, 0.15) is 17.7 Å². The summed E-state index contributed by atoms with van der Waals surface area (Å²) >= 11 is 12.4. The van der Waals surface area contributed by atoms with E-state index < -0.39 is 6.04 Å². The molecule has 29 heavy (non-hydrogen) atoms. The molecule has 2 heterocycles. The van der Waals surface area contributed by atoms with Crippen LogP contribution in [0.4, 0.5) is 4.39 Å². The molecule has 0 N–H and O–H groups in total. The van der Waals surface area contributed by atoms with E-state index in [-0.39, 0.29) is 18.1 Å². The van der Waals surface area contributed by atoms with Gasteiger partial charge in [-0.25, -0.2) is 9.37 Å². The Hall–Kier alpha value is -2.15. The standard InChI is InChI=1S/C21H20Cl2FN3O2/c1-13(21(28)26-6-8-29-9-7-26)27-19-12-16(23)15(22)11-18(19)25-20(27)10-14-4-2-3-5-17(14)24/h2-5,11-13H,6-10H2,1H3/t13-/m0/s1. The molecule has 5 nitrogen and oxygen atoms in total. The lowest BCUT2D eigenvalue weighted by Crippen LogP contribution is -2.43. The van der Waals surface area contributed by atoms with Crippen molar-refractivity contribution in [2.75, 3.05) is 26.3 Å². The molecule has 1 saturated heterocycles. The van der Waals surface area contributed by atoms with Crippen molar-refractivity contribution in [3.05, 3.63) is 63.6 Å². The number of imidazole rings is 1. The molecule has 0 radical (unpaired) electrons. The van der Waals surface area contributed by atoms with Gasteiger partial charge < -0.3 is 14.2 Å². The van der Waals surface area contributed by atoms with Crippen LogP contribution in [0.15, 0.2) is 36.4 Å². The zero-order valence-electron chi connectivity index (χ0n) is 15.9. The van der Waals surface area contributed by atoms with E-state index >= 15 is 0 Å². The number of morpholine rings is 1. The summed E-state index contributed by atoms with van der Waals surface area (Å²) in [6.07, 6.45) is 0.247. The number of benzene rings is 2. The van der Waals surface area contributed by atoms with Gasteiger partial charge >= 0.3 is 0 Å². The maximum absolute atomic E-state index is 14.3. The van der Waals surface area contributed by atoms with Gasteiger partial charge in [0.25, 0.3) is 0 Å². The van der Waals surface area contributed by atoms with Gasteiger partial charge in [-0.3, -0.25) is 4.79 Å². The second kappa shape index (κ2) is 8.30. The van der Waals surface area contributed by atoms with Crippen LogP contribution < -0.4 is 0 Å². The van der Waals surface area contributed by atoms with Crippen molar-refractivity contribution >= 4 is 40.1 Å². The van der Waals surface area contributed by atoms with Gasteiger partial charge in [-0.2, -0.15) is 0 Å². The predicted molar refractivity (Wildman–Crippen MR) is 111 cm³/mol. The van der Waals surface area contributed by atoms with Crippen LogP contribution in [0.1, 0.15) is 24.4 Å². The number of amides is 1. The highest BCUT2D eigenvalue weighted by Crippen LogP contribution is 2.31. The lowest BCUT2D eigenvalue weighted by atomic mass is 10.1. The van der Waals surface area contributed by atoms with E-state index in [2.05, 4.69) is 4.98 Å². The van der Waals surface area contributed by atoms with Crippen LogP contribution >= 0.6 is 23.2 Å². The molecule has 1 atom stereocenters. The summed E-state index contributed by atoms with van der Waals surface area (Å²) < 4.78 is 21.5. The first-order valence-electron chi connectivity index (χ1n) is 9.41. The summed E-state index contributed by atoms with van der Waals surface area (Å²) in [6.45, 7) is 3.96. The first-order chi connectivity index (χ1) is 14.0. The maximum Gasteiger partial charge on any atom is 0.245 e. The van der Waals surface area contributed by atoms with Crippen molar-refractivity contribution < 1.29 is 13.9 Å². The minimum Gasteiger partial charge on any atom is -0.378 e. The van der Waals surface area contributed by atoms with E-state index in [1.807, 2.05) is 11.5 Å². The fourth-order valence-corrected chi connectivity index (χ4v) is 3.98. The highest BCUT2D eigenvalue weighted by Gasteiger charge is 2.27. The maximum atomic E-state index is 14.3. The van der Waals surface area contributed by atoms with Gasteiger partial charge in [-0.1, -0.05) is 41.4 Å². The number of hydrogen-bond donors (Lipinski definition) is 0. The fourth-order valence-electron chi connectivity index (χ4n) is 3.67. The number of halogens is 3. The molecular formula is C21H20Cl2FN3O2.